The fourth-order valence-electron chi connectivity index (χ4n) is 2.03. The second-order valence-electron chi connectivity index (χ2n) is 5.02. The normalized spacial score (nSPS) is 12.2. The van der Waals surface area contributed by atoms with Crippen molar-refractivity contribution in [3.63, 3.8) is 0 Å². The summed E-state index contributed by atoms with van der Waals surface area (Å²) in [5.74, 6) is 0.491. The molecule has 0 fully saturated rings. The van der Waals surface area contributed by atoms with Gasteiger partial charge in [0, 0.05) is 11.6 Å². The Hall–Kier alpha value is -1.39. The first-order valence-corrected chi connectivity index (χ1v) is 7.79. The van der Waals surface area contributed by atoms with E-state index in [1.165, 1.54) is 6.07 Å². The minimum absolute atomic E-state index is 0.164. The molecule has 0 aliphatic carbocycles. The van der Waals surface area contributed by atoms with Crippen molar-refractivity contribution >= 4 is 15.9 Å². The lowest BCUT2D eigenvalue weighted by atomic mass is 10.0. The standard InChI is InChI=1S/C17H19BrFNO/c1-2-14(20)9-12-5-3-7-15(10-12)21-11-13-6-4-8-16(19)17(13)18/h3-8,10,14H,2,9,11,20H2,1H3. The van der Waals surface area contributed by atoms with E-state index in [-0.39, 0.29) is 11.9 Å². The van der Waals surface area contributed by atoms with E-state index in [1.807, 2.05) is 30.3 Å². The topological polar surface area (TPSA) is 35.2 Å². The molecule has 0 aliphatic heterocycles. The van der Waals surface area contributed by atoms with Crippen LogP contribution < -0.4 is 10.5 Å². The van der Waals surface area contributed by atoms with Crippen LogP contribution >= 0.6 is 15.9 Å². The molecule has 2 rings (SSSR count). The predicted octanol–water partition coefficient (Wildman–Crippen LogP) is 4.45. The monoisotopic (exact) mass is 351 g/mol. The Labute approximate surface area is 133 Å². The van der Waals surface area contributed by atoms with E-state index in [2.05, 4.69) is 22.9 Å². The Morgan fingerprint density at radius 1 is 1.24 bits per heavy atom. The molecule has 0 aliphatic rings. The lowest BCUT2D eigenvalue weighted by Gasteiger charge is -2.12. The molecule has 2 aromatic rings. The molecule has 2 nitrogen and oxygen atoms in total. The summed E-state index contributed by atoms with van der Waals surface area (Å²) in [6, 6.07) is 13.0. The molecule has 1 unspecified atom stereocenters. The van der Waals surface area contributed by atoms with Crippen LogP contribution in [0, 0.1) is 5.82 Å². The van der Waals surface area contributed by atoms with Crippen molar-refractivity contribution in [1.29, 1.82) is 0 Å². The van der Waals surface area contributed by atoms with Crippen molar-refractivity contribution in [3.05, 3.63) is 63.9 Å². The summed E-state index contributed by atoms with van der Waals surface area (Å²) in [5, 5.41) is 0. The molecule has 0 spiro atoms. The van der Waals surface area contributed by atoms with Crippen LogP contribution in [0.5, 0.6) is 5.75 Å². The lowest BCUT2D eigenvalue weighted by molar-refractivity contribution is 0.304. The largest absolute Gasteiger partial charge is 0.489 e. The second-order valence-corrected chi connectivity index (χ2v) is 5.81. The van der Waals surface area contributed by atoms with Gasteiger partial charge in [-0.3, -0.25) is 0 Å². The molecule has 0 aromatic heterocycles. The molecule has 0 saturated carbocycles. The third kappa shape index (κ3) is 4.55. The Bertz CT molecular complexity index is 603. The maximum atomic E-state index is 13.4. The number of ether oxygens (including phenoxy) is 1. The van der Waals surface area contributed by atoms with Gasteiger partial charge in [0.15, 0.2) is 0 Å². The van der Waals surface area contributed by atoms with Crippen LogP contribution in [-0.2, 0) is 13.0 Å². The molecule has 0 amide bonds. The number of halogens is 2. The molecule has 2 aromatic carbocycles. The van der Waals surface area contributed by atoms with Crippen LogP contribution in [0.2, 0.25) is 0 Å². The summed E-state index contributed by atoms with van der Waals surface area (Å²) in [7, 11) is 0. The molecular weight excluding hydrogens is 333 g/mol. The van der Waals surface area contributed by atoms with Gasteiger partial charge in [0.05, 0.1) is 4.47 Å². The highest BCUT2D eigenvalue weighted by atomic mass is 79.9. The first kappa shape index (κ1) is 16.0. The SMILES string of the molecule is CCC(N)Cc1cccc(OCc2cccc(F)c2Br)c1. The van der Waals surface area contributed by atoms with Gasteiger partial charge in [-0.05, 0) is 52.5 Å². The van der Waals surface area contributed by atoms with Gasteiger partial charge in [0.2, 0.25) is 0 Å². The van der Waals surface area contributed by atoms with Gasteiger partial charge in [-0.2, -0.15) is 0 Å². The average Bonchev–Trinajstić information content (AvgIpc) is 2.49. The summed E-state index contributed by atoms with van der Waals surface area (Å²) in [5.41, 5.74) is 7.90. The first-order chi connectivity index (χ1) is 10.1. The molecule has 2 N–H and O–H groups in total. The summed E-state index contributed by atoms with van der Waals surface area (Å²) < 4.78 is 19.6. The number of benzene rings is 2. The number of hydrogen-bond donors (Lipinski definition) is 1. The zero-order valence-electron chi connectivity index (χ0n) is 12.0. The quantitative estimate of drug-likeness (QED) is 0.834. The van der Waals surface area contributed by atoms with E-state index in [1.54, 1.807) is 6.07 Å². The Balaban J connectivity index is 2.03. The maximum absolute atomic E-state index is 13.4. The third-order valence-electron chi connectivity index (χ3n) is 3.35. The zero-order chi connectivity index (χ0) is 15.2. The van der Waals surface area contributed by atoms with E-state index in [0.717, 1.165) is 29.7 Å². The molecular formula is C17H19BrFNO. The Kier molecular flexibility index (Phi) is 5.76. The Morgan fingerprint density at radius 2 is 2.00 bits per heavy atom. The minimum Gasteiger partial charge on any atom is -0.489 e. The van der Waals surface area contributed by atoms with Crippen molar-refractivity contribution in [1.82, 2.24) is 0 Å². The van der Waals surface area contributed by atoms with Crippen molar-refractivity contribution in [2.24, 2.45) is 5.73 Å². The Morgan fingerprint density at radius 3 is 2.76 bits per heavy atom. The summed E-state index contributed by atoms with van der Waals surface area (Å²) in [4.78, 5) is 0. The molecule has 0 radical (unpaired) electrons. The molecule has 0 saturated heterocycles. The van der Waals surface area contributed by atoms with Crippen LogP contribution in [0.3, 0.4) is 0 Å². The predicted molar refractivity (Wildman–Crippen MR) is 86.8 cm³/mol. The molecule has 0 heterocycles. The molecule has 4 heteroatoms. The van der Waals surface area contributed by atoms with Crippen molar-refractivity contribution in [3.8, 4) is 5.75 Å². The van der Waals surface area contributed by atoms with Gasteiger partial charge < -0.3 is 10.5 Å². The van der Waals surface area contributed by atoms with Gasteiger partial charge in [0.1, 0.15) is 18.2 Å². The number of rotatable bonds is 6. The highest BCUT2D eigenvalue weighted by Crippen LogP contribution is 2.23. The summed E-state index contributed by atoms with van der Waals surface area (Å²) in [6.07, 6.45) is 1.78. The van der Waals surface area contributed by atoms with Crippen LogP contribution in [0.15, 0.2) is 46.9 Å². The van der Waals surface area contributed by atoms with E-state index in [0.29, 0.717) is 11.1 Å². The van der Waals surface area contributed by atoms with Crippen molar-refractivity contribution in [2.75, 3.05) is 0 Å². The first-order valence-electron chi connectivity index (χ1n) is 7.00. The zero-order valence-corrected chi connectivity index (χ0v) is 13.6. The highest BCUT2D eigenvalue weighted by molar-refractivity contribution is 9.10. The smallest absolute Gasteiger partial charge is 0.137 e. The summed E-state index contributed by atoms with van der Waals surface area (Å²) >= 11 is 3.24. The van der Waals surface area contributed by atoms with Gasteiger partial charge >= 0.3 is 0 Å². The van der Waals surface area contributed by atoms with Crippen LogP contribution in [0.25, 0.3) is 0 Å². The number of nitrogens with two attached hydrogens (primary N) is 1. The van der Waals surface area contributed by atoms with Gasteiger partial charge in [0.25, 0.3) is 0 Å². The summed E-state index contributed by atoms with van der Waals surface area (Å²) in [6.45, 7) is 2.40. The average molecular weight is 352 g/mol. The van der Waals surface area contributed by atoms with Crippen molar-refractivity contribution in [2.45, 2.75) is 32.4 Å². The fourth-order valence-corrected chi connectivity index (χ4v) is 2.41. The minimum atomic E-state index is -0.279. The maximum Gasteiger partial charge on any atom is 0.137 e. The lowest BCUT2D eigenvalue weighted by Crippen LogP contribution is -2.21. The molecule has 21 heavy (non-hydrogen) atoms. The van der Waals surface area contributed by atoms with E-state index >= 15 is 0 Å². The molecule has 1 atom stereocenters. The third-order valence-corrected chi connectivity index (χ3v) is 4.23. The van der Waals surface area contributed by atoms with Gasteiger partial charge in [-0.15, -0.1) is 0 Å². The van der Waals surface area contributed by atoms with E-state index < -0.39 is 0 Å². The molecule has 0 bridgehead atoms. The van der Waals surface area contributed by atoms with Crippen LogP contribution in [0.4, 0.5) is 4.39 Å². The van der Waals surface area contributed by atoms with Gasteiger partial charge in [-0.1, -0.05) is 31.2 Å². The van der Waals surface area contributed by atoms with Crippen LogP contribution in [0.1, 0.15) is 24.5 Å². The fraction of sp³-hybridized carbons (Fsp3) is 0.294. The van der Waals surface area contributed by atoms with E-state index in [4.69, 9.17) is 10.5 Å². The molecule has 112 valence electrons. The second kappa shape index (κ2) is 7.57. The van der Waals surface area contributed by atoms with Crippen LogP contribution in [-0.4, -0.2) is 6.04 Å². The number of hydrogen-bond acceptors (Lipinski definition) is 2. The van der Waals surface area contributed by atoms with E-state index in [9.17, 15) is 4.39 Å². The van der Waals surface area contributed by atoms with Crippen molar-refractivity contribution < 1.29 is 9.13 Å². The van der Waals surface area contributed by atoms with Gasteiger partial charge in [-0.25, -0.2) is 4.39 Å². The highest BCUT2D eigenvalue weighted by Gasteiger charge is 2.07.